The molecule has 1 atom stereocenters. The molecule has 0 amide bonds. The van der Waals surface area contributed by atoms with Crippen molar-refractivity contribution in [3.05, 3.63) is 35.4 Å². The summed E-state index contributed by atoms with van der Waals surface area (Å²) in [5.41, 5.74) is 0.534. The first kappa shape index (κ1) is 11.1. The highest BCUT2D eigenvalue weighted by molar-refractivity contribution is 5.21. The van der Waals surface area contributed by atoms with Gasteiger partial charge in [0, 0.05) is 18.6 Å². The van der Waals surface area contributed by atoms with Crippen LogP contribution in [0.4, 0.5) is 8.78 Å². The van der Waals surface area contributed by atoms with Crippen LogP contribution in [0.5, 0.6) is 0 Å². The van der Waals surface area contributed by atoms with E-state index < -0.39 is 11.6 Å². The van der Waals surface area contributed by atoms with Crippen molar-refractivity contribution >= 4 is 0 Å². The molecule has 0 aliphatic heterocycles. The molecule has 1 nitrogen and oxygen atoms in total. The Hall–Kier alpha value is -0.960. The highest BCUT2D eigenvalue weighted by Crippen LogP contribution is 2.22. The zero-order valence-corrected chi connectivity index (χ0v) is 8.13. The SMILES string of the molecule is CCCC(CO)c1cc(F)cc(F)c1. The molecule has 1 N–H and O–H groups in total. The van der Waals surface area contributed by atoms with Crippen molar-refractivity contribution in [1.29, 1.82) is 0 Å². The molecule has 1 rings (SSSR count). The second-order valence-corrected chi connectivity index (χ2v) is 3.37. The molecule has 0 saturated carbocycles. The monoisotopic (exact) mass is 200 g/mol. The van der Waals surface area contributed by atoms with Gasteiger partial charge in [0.2, 0.25) is 0 Å². The van der Waals surface area contributed by atoms with Gasteiger partial charge in [0.15, 0.2) is 0 Å². The van der Waals surface area contributed by atoms with Crippen LogP contribution in [0.2, 0.25) is 0 Å². The number of aliphatic hydroxyl groups is 1. The van der Waals surface area contributed by atoms with Gasteiger partial charge in [0.05, 0.1) is 0 Å². The van der Waals surface area contributed by atoms with E-state index in [1.165, 1.54) is 12.1 Å². The molecule has 0 fully saturated rings. The highest BCUT2D eigenvalue weighted by atomic mass is 19.1. The lowest BCUT2D eigenvalue weighted by atomic mass is 9.95. The normalized spacial score (nSPS) is 12.9. The van der Waals surface area contributed by atoms with Crippen LogP contribution in [-0.4, -0.2) is 11.7 Å². The van der Waals surface area contributed by atoms with Gasteiger partial charge in [0.1, 0.15) is 11.6 Å². The third-order valence-electron chi connectivity index (χ3n) is 2.21. The Labute approximate surface area is 82.4 Å². The minimum absolute atomic E-state index is 0.0727. The Morgan fingerprint density at radius 1 is 1.21 bits per heavy atom. The number of halogens is 2. The second kappa shape index (κ2) is 5.05. The number of benzene rings is 1. The van der Waals surface area contributed by atoms with Gasteiger partial charge in [-0.25, -0.2) is 8.78 Å². The molecule has 78 valence electrons. The summed E-state index contributed by atoms with van der Waals surface area (Å²) in [6.07, 6.45) is 1.61. The van der Waals surface area contributed by atoms with Crippen LogP contribution in [0.1, 0.15) is 31.2 Å². The molecule has 14 heavy (non-hydrogen) atoms. The van der Waals surface area contributed by atoms with E-state index in [1.807, 2.05) is 6.92 Å². The van der Waals surface area contributed by atoms with Crippen molar-refractivity contribution < 1.29 is 13.9 Å². The lowest BCUT2D eigenvalue weighted by Crippen LogP contribution is -2.04. The van der Waals surface area contributed by atoms with E-state index in [0.29, 0.717) is 5.56 Å². The average molecular weight is 200 g/mol. The van der Waals surface area contributed by atoms with Gasteiger partial charge >= 0.3 is 0 Å². The number of hydrogen-bond donors (Lipinski definition) is 1. The van der Waals surface area contributed by atoms with Gasteiger partial charge < -0.3 is 5.11 Å². The summed E-state index contributed by atoms with van der Waals surface area (Å²) in [5.74, 6) is -1.34. The highest BCUT2D eigenvalue weighted by Gasteiger charge is 2.11. The van der Waals surface area contributed by atoms with E-state index in [0.717, 1.165) is 18.9 Å². The predicted molar refractivity (Wildman–Crippen MR) is 51.1 cm³/mol. The van der Waals surface area contributed by atoms with Crippen LogP contribution in [0.15, 0.2) is 18.2 Å². The summed E-state index contributed by atoms with van der Waals surface area (Å²) >= 11 is 0. The molecule has 0 bridgehead atoms. The minimum atomic E-state index is -0.588. The molecule has 0 spiro atoms. The van der Waals surface area contributed by atoms with Crippen molar-refractivity contribution in [2.24, 2.45) is 0 Å². The first-order valence-electron chi connectivity index (χ1n) is 4.74. The second-order valence-electron chi connectivity index (χ2n) is 3.37. The van der Waals surface area contributed by atoms with Crippen molar-refractivity contribution in [3.63, 3.8) is 0 Å². The fraction of sp³-hybridized carbons (Fsp3) is 0.455. The maximum absolute atomic E-state index is 12.8. The molecule has 0 saturated heterocycles. The van der Waals surface area contributed by atoms with E-state index >= 15 is 0 Å². The fourth-order valence-electron chi connectivity index (χ4n) is 1.52. The van der Waals surface area contributed by atoms with Gasteiger partial charge in [-0.2, -0.15) is 0 Å². The van der Waals surface area contributed by atoms with E-state index in [1.54, 1.807) is 0 Å². The van der Waals surface area contributed by atoms with E-state index in [-0.39, 0.29) is 12.5 Å². The van der Waals surface area contributed by atoms with Crippen molar-refractivity contribution in [1.82, 2.24) is 0 Å². The molecule has 0 aromatic heterocycles. The smallest absolute Gasteiger partial charge is 0.126 e. The van der Waals surface area contributed by atoms with Crippen LogP contribution in [0, 0.1) is 11.6 Å². The maximum atomic E-state index is 12.8. The average Bonchev–Trinajstić information content (AvgIpc) is 2.12. The topological polar surface area (TPSA) is 20.2 Å². The quantitative estimate of drug-likeness (QED) is 0.792. The van der Waals surface area contributed by atoms with Crippen LogP contribution >= 0.6 is 0 Å². The largest absolute Gasteiger partial charge is 0.396 e. The number of aliphatic hydroxyl groups excluding tert-OH is 1. The molecule has 1 aromatic rings. The molecule has 1 unspecified atom stereocenters. The molecule has 3 heteroatoms. The van der Waals surface area contributed by atoms with E-state index in [4.69, 9.17) is 5.11 Å². The molecule has 0 aliphatic rings. The Kier molecular flexibility index (Phi) is 4.01. The zero-order valence-electron chi connectivity index (χ0n) is 8.13. The lowest BCUT2D eigenvalue weighted by molar-refractivity contribution is 0.258. The summed E-state index contributed by atoms with van der Waals surface area (Å²) in [6, 6.07) is 3.39. The third kappa shape index (κ3) is 2.77. The molecule has 0 radical (unpaired) electrons. The van der Waals surface area contributed by atoms with Crippen LogP contribution in [0.3, 0.4) is 0 Å². The van der Waals surface area contributed by atoms with E-state index in [9.17, 15) is 8.78 Å². The number of hydrogen-bond acceptors (Lipinski definition) is 1. The van der Waals surface area contributed by atoms with Gasteiger partial charge in [-0.1, -0.05) is 13.3 Å². The summed E-state index contributed by atoms with van der Waals surface area (Å²) in [5, 5.41) is 9.05. The molecule has 0 aliphatic carbocycles. The fourth-order valence-corrected chi connectivity index (χ4v) is 1.52. The number of rotatable bonds is 4. The molecule has 0 heterocycles. The van der Waals surface area contributed by atoms with Gasteiger partial charge in [-0.3, -0.25) is 0 Å². The summed E-state index contributed by atoms with van der Waals surface area (Å²) in [6.45, 7) is 1.90. The molecular formula is C11H14F2O. The summed E-state index contributed by atoms with van der Waals surface area (Å²) in [7, 11) is 0. The minimum Gasteiger partial charge on any atom is -0.396 e. The standard InChI is InChI=1S/C11H14F2O/c1-2-3-8(7-14)9-4-10(12)6-11(13)5-9/h4-6,8,14H,2-3,7H2,1H3. The van der Waals surface area contributed by atoms with Crippen LogP contribution < -0.4 is 0 Å². The van der Waals surface area contributed by atoms with Crippen LogP contribution in [0.25, 0.3) is 0 Å². The Balaban J connectivity index is 2.91. The third-order valence-corrected chi connectivity index (χ3v) is 2.21. The Bertz CT molecular complexity index is 279. The van der Waals surface area contributed by atoms with Gasteiger partial charge in [0.25, 0.3) is 0 Å². The van der Waals surface area contributed by atoms with Crippen molar-refractivity contribution in [2.75, 3.05) is 6.61 Å². The zero-order chi connectivity index (χ0) is 10.6. The van der Waals surface area contributed by atoms with Crippen molar-refractivity contribution in [2.45, 2.75) is 25.7 Å². The molecule has 1 aromatic carbocycles. The first-order chi connectivity index (χ1) is 6.67. The predicted octanol–water partition coefficient (Wildman–Crippen LogP) is 2.84. The lowest BCUT2D eigenvalue weighted by Gasteiger charge is -2.13. The first-order valence-corrected chi connectivity index (χ1v) is 4.74. The maximum Gasteiger partial charge on any atom is 0.126 e. The summed E-state index contributed by atoms with van der Waals surface area (Å²) in [4.78, 5) is 0. The van der Waals surface area contributed by atoms with Crippen molar-refractivity contribution in [3.8, 4) is 0 Å². The van der Waals surface area contributed by atoms with Gasteiger partial charge in [-0.15, -0.1) is 0 Å². The molecular weight excluding hydrogens is 186 g/mol. The van der Waals surface area contributed by atoms with Gasteiger partial charge in [-0.05, 0) is 24.1 Å². The Morgan fingerprint density at radius 3 is 2.21 bits per heavy atom. The van der Waals surface area contributed by atoms with Crippen LogP contribution in [-0.2, 0) is 0 Å². The Morgan fingerprint density at radius 2 is 1.79 bits per heavy atom. The summed E-state index contributed by atoms with van der Waals surface area (Å²) < 4.78 is 25.7. The van der Waals surface area contributed by atoms with E-state index in [2.05, 4.69) is 0 Å².